The normalized spacial score (nSPS) is 11.3. The zero-order valence-electron chi connectivity index (χ0n) is 17.1. The van der Waals surface area contributed by atoms with Crippen LogP contribution >= 0.6 is 0 Å². The van der Waals surface area contributed by atoms with Crippen LogP contribution < -0.4 is 10.6 Å². The summed E-state index contributed by atoms with van der Waals surface area (Å²) in [5.74, 6) is -0.972. The molecule has 0 aliphatic heterocycles. The summed E-state index contributed by atoms with van der Waals surface area (Å²) in [6, 6.07) is 16.0. The molecule has 1 amide bonds. The maximum Gasteiger partial charge on any atom is 0.338 e. The van der Waals surface area contributed by atoms with Gasteiger partial charge in [0.25, 0.3) is 5.91 Å². The van der Waals surface area contributed by atoms with Crippen LogP contribution in [-0.4, -0.2) is 18.5 Å². The SMILES string of the molecule is CCOC(=O)c1ccc(NC(=O)/C(C#N)=C\Nc2ccc(C(C)(C)C)cc2)cc1. The first-order valence-electron chi connectivity index (χ1n) is 9.30. The zero-order valence-corrected chi connectivity index (χ0v) is 17.1. The van der Waals surface area contributed by atoms with Gasteiger partial charge in [-0.1, -0.05) is 32.9 Å². The predicted octanol–water partition coefficient (Wildman–Crippen LogP) is 4.62. The van der Waals surface area contributed by atoms with Gasteiger partial charge in [-0.05, 0) is 54.3 Å². The third-order valence-electron chi connectivity index (χ3n) is 4.15. The molecule has 0 atom stereocenters. The van der Waals surface area contributed by atoms with Gasteiger partial charge in [-0.2, -0.15) is 5.26 Å². The van der Waals surface area contributed by atoms with Crippen LogP contribution in [0.5, 0.6) is 0 Å². The summed E-state index contributed by atoms with van der Waals surface area (Å²) in [6.07, 6.45) is 1.37. The van der Waals surface area contributed by atoms with Gasteiger partial charge < -0.3 is 15.4 Å². The average molecular weight is 391 g/mol. The summed E-state index contributed by atoms with van der Waals surface area (Å²) >= 11 is 0. The first-order valence-corrected chi connectivity index (χ1v) is 9.30. The molecule has 0 bridgehead atoms. The minimum absolute atomic E-state index is 0.0505. The number of esters is 1. The smallest absolute Gasteiger partial charge is 0.338 e. The van der Waals surface area contributed by atoms with Crippen LogP contribution in [0.1, 0.15) is 43.6 Å². The lowest BCUT2D eigenvalue weighted by atomic mass is 9.87. The van der Waals surface area contributed by atoms with Gasteiger partial charge in [0, 0.05) is 17.6 Å². The highest BCUT2D eigenvalue weighted by Gasteiger charge is 2.13. The maximum atomic E-state index is 12.3. The molecule has 0 saturated carbocycles. The molecular formula is C23H25N3O3. The highest BCUT2D eigenvalue weighted by molar-refractivity contribution is 6.06. The van der Waals surface area contributed by atoms with Gasteiger partial charge in [-0.15, -0.1) is 0 Å². The minimum Gasteiger partial charge on any atom is -0.462 e. The van der Waals surface area contributed by atoms with Gasteiger partial charge in [0.05, 0.1) is 12.2 Å². The molecule has 0 aliphatic rings. The largest absolute Gasteiger partial charge is 0.462 e. The molecule has 0 heterocycles. The summed E-state index contributed by atoms with van der Waals surface area (Å²) in [5, 5.41) is 14.9. The van der Waals surface area contributed by atoms with Crippen LogP contribution in [0.4, 0.5) is 11.4 Å². The number of hydrogen-bond donors (Lipinski definition) is 2. The third-order valence-corrected chi connectivity index (χ3v) is 4.15. The van der Waals surface area contributed by atoms with Crippen LogP contribution in [0, 0.1) is 11.3 Å². The van der Waals surface area contributed by atoms with Crippen molar-refractivity contribution in [3.63, 3.8) is 0 Å². The van der Waals surface area contributed by atoms with Gasteiger partial charge in [-0.25, -0.2) is 4.79 Å². The van der Waals surface area contributed by atoms with E-state index in [2.05, 4.69) is 31.4 Å². The Labute approximate surface area is 171 Å². The lowest BCUT2D eigenvalue weighted by Gasteiger charge is -2.19. The monoisotopic (exact) mass is 391 g/mol. The highest BCUT2D eigenvalue weighted by atomic mass is 16.5. The van der Waals surface area contributed by atoms with Crippen molar-refractivity contribution in [1.29, 1.82) is 5.26 Å². The zero-order chi connectivity index (χ0) is 21.4. The number of carbonyl (C=O) groups excluding carboxylic acids is 2. The molecule has 0 saturated heterocycles. The Morgan fingerprint density at radius 3 is 2.14 bits per heavy atom. The quantitative estimate of drug-likeness (QED) is 0.426. The summed E-state index contributed by atoms with van der Waals surface area (Å²) < 4.78 is 4.92. The molecular weight excluding hydrogens is 366 g/mol. The minimum atomic E-state index is -0.546. The van der Waals surface area contributed by atoms with Gasteiger partial charge in [-0.3, -0.25) is 4.79 Å². The van der Waals surface area contributed by atoms with E-state index in [-0.39, 0.29) is 11.0 Å². The fourth-order valence-electron chi connectivity index (χ4n) is 2.47. The maximum absolute atomic E-state index is 12.3. The van der Waals surface area contributed by atoms with Crippen LogP contribution in [0.25, 0.3) is 0 Å². The number of amides is 1. The van der Waals surface area contributed by atoms with Gasteiger partial charge in [0.2, 0.25) is 0 Å². The fourth-order valence-corrected chi connectivity index (χ4v) is 2.47. The van der Waals surface area contributed by atoms with E-state index >= 15 is 0 Å². The van der Waals surface area contributed by atoms with E-state index in [0.717, 1.165) is 5.69 Å². The van der Waals surface area contributed by atoms with Crippen molar-refractivity contribution in [2.75, 3.05) is 17.2 Å². The second-order valence-electron chi connectivity index (χ2n) is 7.39. The molecule has 0 aromatic heterocycles. The number of rotatable bonds is 6. The van der Waals surface area contributed by atoms with Crippen LogP contribution in [-0.2, 0) is 14.9 Å². The van der Waals surface area contributed by atoms with Crippen molar-refractivity contribution < 1.29 is 14.3 Å². The molecule has 0 radical (unpaired) electrons. The van der Waals surface area contributed by atoms with E-state index in [9.17, 15) is 14.9 Å². The van der Waals surface area contributed by atoms with Gasteiger partial charge in [0.1, 0.15) is 11.6 Å². The van der Waals surface area contributed by atoms with E-state index < -0.39 is 11.9 Å². The van der Waals surface area contributed by atoms with Crippen molar-refractivity contribution in [2.45, 2.75) is 33.1 Å². The summed E-state index contributed by atoms with van der Waals surface area (Å²) in [4.78, 5) is 24.0. The number of nitrogens with zero attached hydrogens (tertiary/aromatic N) is 1. The number of benzene rings is 2. The predicted molar refractivity (Wildman–Crippen MR) is 113 cm³/mol. The Bertz CT molecular complexity index is 931. The standard InChI is InChI=1S/C23H25N3O3/c1-5-29-22(28)16-6-10-20(11-7-16)26-21(27)17(14-24)15-25-19-12-8-18(9-13-19)23(2,3)4/h6-13,15,25H,5H2,1-4H3,(H,26,27)/b17-15-. The Kier molecular flexibility index (Phi) is 7.15. The van der Waals surface area contributed by atoms with E-state index in [1.165, 1.54) is 11.8 Å². The molecule has 2 aromatic carbocycles. The summed E-state index contributed by atoms with van der Waals surface area (Å²) in [7, 11) is 0. The van der Waals surface area contributed by atoms with Gasteiger partial charge >= 0.3 is 5.97 Å². The van der Waals surface area contributed by atoms with Crippen molar-refractivity contribution in [1.82, 2.24) is 0 Å². The molecule has 150 valence electrons. The summed E-state index contributed by atoms with van der Waals surface area (Å²) in [5.41, 5.74) is 2.81. The van der Waals surface area contributed by atoms with Crippen molar-refractivity contribution in [3.8, 4) is 6.07 Å². The van der Waals surface area contributed by atoms with Crippen LogP contribution in [0.3, 0.4) is 0 Å². The topological polar surface area (TPSA) is 91.2 Å². The number of nitrogens with one attached hydrogen (secondary N) is 2. The Morgan fingerprint density at radius 2 is 1.62 bits per heavy atom. The molecule has 6 heteroatoms. The Hall–Kier alpha value is -3.59. The summed E-state index contributed by atoms with van der Waals surface area (Å²) in [6.45, 7) is 8.42. The third kappa shape index (κ3) is 6.22. The van der Waals surface area contributed by atoms with E-state index in [4.69, 9.17) is 4.74 Å². The Morgan fingerprint density at radius 1 is 1.03 bits per heavy atom. The van der Waals surface area contributed by atoms with E-state index in [0.29, 0.717) is 17.9 Å². The van der Waals surface area contributed by atoms with Crippen molar-refractivity contribution >= 4 is 23.3 Å². The van der Waals surface area contributed by atoms with E-state index in [1.54, 1.807) is 31.2 Å². The number of carbonyl (C=O) groups is 2. The van der Waals surface area contributed by atoms with Crippen LogP contribution in [0.2, 0.25) is 0 Å². The second kappa shape index (κ2) is 9.56. The van der Waals surface area contributed by atoms with Crippen LogP contribution in [0.15, 0.2) is 60.3 Å². The molecule has 2 rings (SSSR count). The number of ether oxygens (including phenoxy) is 1. The van der Waals surface area contributed by atoms with Gasteiger partial charge in [0.15, 0.2) is 0 Å². The van der Waals surface area contributed by atoms with Crippen molar-refractivity contribution in [3.05, 3.63) is 71.4 Å². The first kappa shape index (κ1) is 21.7. The average Bonchev–Trinajstić information content (AvgIpc) is 2.69. The number of hydrogen-bond acceptors (Lipinski definition) is 5. The molecule has 0 spiro atoms. The molecule has 2 N–H and O–H groups in total. The number of nitriles is 1. The number of anilines is 2. The molecule has 2 aromatic rings. The molecule has 29 heavy (non-hydrogen) atoms. The lowest BCUT2D eigenvalue weighted by Crippen LogP contribution is -2.15. The molecule has 0 fully saturated rings. The molecule has 0 aliphatic carbocycles. The highest BCUT2D eigenvalue weighted by Crippen LogP contribution is 2.23. The fraction of sp³-hybridized carbons (Fsp3) is 0.261. The van der Waals surface area contributed by atoms with E-state index in [1.807, 2.05) is 30.3 Å². The lowest BCUT2D eigenvalue weighted by molar-refractivity contribution is -0.112. The van der Waals surface area contributed by atoms with Crippen molar-refractivity contribution in [2.24, 2.45) is 0 Å². The Balaban J connectivity index is 2.03. The molecule has 0 unspecified atom stereocenters. The first-order chi connectivity index (χ1) is 13.7. The molecule has 6 nitrogen and oxygen atoms in total. The second-order valence-corrected chi connectivity index (χ2v) is 7.39.